The molecule has 1 rings (SSSR count). The predicted octanol–water partition coefficient (Wildman–Crippen LogP) is 2.51. The molecule has 1 heterocycles. The largest absolute Gasteiger partial charge is 0.301 e. The van der Waals surface area contributed by atoms with Gasteiger partial charge in [-0.05, 0) is 18.8 Å². The lowest BCUT2D eigenvalue weighted by molar-refractivity contribution is 0.0534. The van der Waals surface area contributed by atoms with Crippen molar-refractivity contribution < 1.29 is 0 Å². The summed E-state index contributed by atoms with van der Waals surface area (Å²) in [5.41, 5.74) is 0. The number of nitrogens with zero attached hydrogens (tertiary/aromatic N) is 2. The van der Waals surface area contributed by atoms with Crippen LogP contribution in [0.15, 0.2) is 0 Å². The summed E-state index contributed by atoms with van der Waals surface area (Å²) in [5, 5.41) is 8.69. The number of nitriles is 1. The summed E-state index contributed by atoms with van der Waals surface area (Å²) >= 11 is 0. The van der Waals surface area contributed by atoms with Gasteiger partial charge in [-0.3, -0.25) is 0 Å². The van der Waals surface area contributed by atoms with Crippen LogP contribution in [0.2, 0.25) is 0 Å². The maximum atomic E-state index is 8.69. The highest BCUT2D eigenvalue weighted by Crippen LogP contribution is 2.27. The Morgan fingerprint density at radius 3 is 2.57 bits per heavy atom. The van der Waals surface area contributed by atoms with E-state index in [9.17, 15) is 0 Å². The molecule has 1 fully saturated rings. The third-order valence-electron chi connectivity index (χ3n) is 3.29. The van der Waals surface area contributed by atoms with E-state index in [0.717, 1.165) is 18.4 Å². The first kappa shape index (κ1) is 11.5. The summed E-state index contributed by atoms with van der Waals surface area (Å²) in [6, 6.07) is 2.29. The molecule has 0 amide bonds. The second-order valence-electron chi connectivity index (χ2n) is 4.77. The molecule has 0 aromatic heterocycles. The smallest absolute Gasteiger partial charge is 0.0666 e. The molecular formula is C12H22N2. The first-order valence-corrected chi connectivity index (χ1v) is 5.79. The van der Waals surface area contributed by atoms with Gasteiger partial charge in [-0.15, -0.1) is 0 Å². The summed E-state index contributed by atoms with van der Waals surface area (Å²) in [7, 11) is 0. The van der Waals surface area contributed by atoms with Crippen LogP contribution in [0, 0.1) is 29.1 Å². The Bertz CT molecular complexity index is 201. The van der Waals surface area contributed by atoms with E-state index in [4.69, 9.17) is 5.26 Å². The lowest BCUT2D eigenvalue weighted by atomic mass is 9.84. The van der Waals surface area contributed by atoms with Crippen molar-refractivity contribution >= 4 is 0 Å². The molecule has 1 aliphatic rings. The molecule has 0 spiro atoms. The highest BCUT2D eigenvalue weighted by atomic mass is 15.2. The van der Waals surface area contributed by atoms with E-state index in [1.807, 2.05) is 6.92 Å². The average molecular weight is 194 g/mol. The minimum Gasteiger partial charge on any atom is -0.301 e. The fourth-order valence-electron chi connectivity index (χ4n) is 2.24. The molecule has 2 nitrogen and oxygen atoms in total. The van der Waals surface area contributed by atoms with E-state index in [1.54, 1.807) is 0 Å². The van der Waals surface area contributed by atoms with Crippen LogP contribution in [0.5, 0.6) is 0 Å². The molecule has 2 unspecified atom stereocenters. The molecular weight excluding hydrogens is 172 g/mol. The van der Waals surface area contributed by atoms with Crippen molar-refractivity contribution in [2.45, 2.75) is 33.6 Å². The van der Waals surface area contributed by atoms with Crippen LogP contribution < -0.4 is 0 Å². The summed E-state index contributed by atoms with van der Waals surface area (Å²) in [4.78, 5) is 2.41. The fourth-order valence-corrected chi connectivity index (χ4v) is 2.24. The molecule has 0 aromatic rings. The monoisotopic (exact) mass is 194 g/mol. The minimum absolute atomic E-state index is 0.192. The molecule has 0 aliphatic carbocycles. The Morgan fingerprint density at radius 2 is 2.07 bits per heavy atom. The summed E-state index contributed by atoms with van der Waals surface area (Å²) in [6.45, 7) is 10.0. The van der Waals surface area contributed by atoms with Crippen LogP contribution in [0.25, 0.3) is 0 Å². The predicted molar refractivity (Wildman–Crippen MR) is 58.8 cm³/mol. The highest BCUT2D eigenvalue weighted by molar-refractivity contribution is 4.88. The molecule has 80 valence electrons. The van der Waals surface area contributed by atoms with Gasteiger partial charge in [0.15, 0.2) is 0 Å². The third kappa shape index (κ3) is 2.99. The molecule has 2 atom stereocenters. The standard InChI is InChI=1S/C12H22N2/c1-4-5-11(3)12-8-14(9-12)7-10(2)6-13/h10-12H,4-5,7-9H2,1-3H3. The first-order chi connectivity index (χ1) is 6.67. The van der Waals surface area contributed by atoms with Crippen LogP contribution in [-0.2, 0) is 0 Å². The molecule has 0 bridgehead atoms. The van der Waals surface area contributed by atoms with Gasteiger partial charge in [0.2, 0.25) is 0 Å². The number of hydrogen-bond donors (Lipinski definition) is 0. The fraction of sp³-hybridized carbons (Fsp3) is 0.917. The van der Waals surface area contributed by atoms with Crippen LogP contribution in [0.4, 0.5) is 0 Å². The van der Waals surface area contributed by atoms with Gasteiger partial charge < -0.3 is 4.90 Å². The van der Waals surface area contributed by atoms with Gasteiger partial charge in [-0.1, -0.05) is 26.7 Å². The Hall–Kier alpha value is -0.550. The number of rotatable bonds is 5. The van der Waals surface area contributed by atoms with Crippen molar-refractivity contribution in [1.29, 1.82) is 5.26 Å². The summed E-state index contributed by atoms with van der Waals surface area (Å²) < 4.78 is 0. The van der Waals surface area contributed by atoms with Crippen molar-refractivity contribution in [3.05, 3.63) is 0 Å². The van der Waals surface area contributed by atoms with Gasteiger partial charge in [-0.2, -0.15) is 5.26 Å². The Balaban J connectivity index is 2.14. The van der Waals surface area contributed by atoms with Gasteiger partial charge in [0.25, 0.3) is 0 Å². The molecule has 0 aromatic carbocycles. The lowest BCUT2D eigenvalue weighted by Gasteiger charge is -2.43. The Kier molecular flexibility index (Phi) is 4.41. The first-order valence-electron chi connectivity index (χ1n) is 5.79. The molecule has 14 heavy (non-hydrogen) atoms. The minimum atomic E-state index is 0.192. The Labute approximate surface area is 87.9 Å². The van der Waals surface area contributed by atoms with Crippen LogP contribution in [0.1, 0.15) is 33.6 Å². The van der Waals surface area contributed by atoms with Crippen LogP contribution in [-0.4, -0.2) is 24.5 Å². The molecule has 0 radical (unpaired) electrons. The molecule has 0 N–H and O–H groups in total. The van der Waals surface area contributed by atoms with E-state index in [-0.39, 0.29) is 5.92 Å². The van der Waals surface area contributed by atoms with Crippen molar-refractivity contribution in [2.24, 2.45) is 17.8 Å². The van der Waals surface area contributed by atoms with Crippen molar-refractivity contribution in [3.63, 3.8) is 0 Å². The lowest BCUT2D eigenvalue weighted by Crippen LogP contribution is -2.50. The third-order valence-corrected chi connectivity index (χ3v) is 3.29. The quantitative estimate of drug-likeness (QED) is 0.672. The molecule has 1 saturated heterocycles. The molecule has 0 saturated carbocycles. The van der Waals surface area contributed by atoms with E-state index in [2.05, 4.69) is 24.8 Å². The van der Waals surface area contributed by atoms with Gasteiger partial charge in [-0.25, -0.2) is 0 Å². The van der Waals surface area contributed by atoms with Crippen molar-refractivity contribution in [2.75, 3.05) is 19.6 Å². The van der Waals surface area contributed by atoms with Crippen molar-refractivity contribution in [1.82, 2.24) is 4.90 Å². The SMILES string of the molecule is CCCC(C)C1CN(CC(C)C#N)C1. The summed E-state index contributed by atoms with van der Waals surface area (Å²) in [6.07, 6.45) is 2.65. The van der Waals surface area contributed by atoms with Crippen LogP contribution >= 0.6 is 0 Å². The van der Waals surface area contributed by atoms with Gasteiger partial charge >= 0.3 is 0 Å². The van der Waals surface area contributed by atoms with Gasteiger partial charge in [0, 0.05) is 19.6 Å². The molecule has 2 heteroatoms. The zero-order valence-electron chi connectivity index (χ0n) is 9.66. The maximum Gasteiger partial charge on any atom is 0.0666 e. The number of hydrogen-bond acceptors (Lipinski definition) is 2. The van der Waals surface area contributed by atoms with E-state index >= 15 is 0 Å². The average Bonchev–Trinajstić information content (AvgIpc) is 2.10. The maximum absolute atomic E-state index is 8.69. The van der Waals surface area contributed by atoms with Gasteiger partial charge in [0.1, 0.15) is 0 Å². The molecule has 1 aliphatic heterocycles. The van der Waals surface area contributed by atoms with E-state index < -0.39 is 0 Å². The zero-order valence-corrected chi connectivity index (χ0v) is 9.66. The normalized spacial score (nSPS) is 22.4. The second-order valence-corrected chi connectivity index (χ2v) is 4.77. The van der Waals surface area contributed by atoms with Gasteiger partial charge in [0.05, 0.1) is 12.0 Å². The van der Waals surface area contributed by atoms with Crippen LogP contribution in [0.3, 0.4) is 0 Å². The van der Waals surface area contributed by atoms with E-state index in [0.29, 0.717) is 0 Å². The highest BCUT2D eigenvalue weighted by Gasteiger charge is 2.30. The van der Waals surface area contributed by atoms with E-state index in [1.165, 1.54) is 25.9 Å². The summed E-state index contributed by atoms with van der Waals surface area (Å²) in [5.74, 6) is 1.95. The topological polar surface area (TPSA) is 27.0 Å². The number of likely N-dealkylation sites (tertiary alicyclic amines) is 1. The zero-order chi connectivity index (χ0) is 10.6. The Morgan fingerprint density at radius 1 is 1.43 bits per heavy atom. The second kappa shape index (κ2) is 5.36. The van der Waals surface area contributed by atoms with Crippen molar-refractivity contribution in [3.8, 4) is 6.07 Å².